The molecule has 1 amide bonds. The third kappa shape index (κ3) is 9.56. The topological polar surface area (TPSA) is 29.1 Å². The summed E-state index contributed by atoms with van der Waals surface area (Å²) >= 11 is 0. The van der Waals surface area contributed by atoms with E-state index in [1.54, 1.807) is 0 Å². The maximum atomic E-state index is 11.1. The van der Waals surface area contributed by atoms with Crippen molar-refractivity contribution in [1.29, 1.82) is 0 Å². The van der Waals surface area contributed by atoms with E-state index in [2.05, 4.69) is 26.1 Å². The van der Waals surface area contributed by atoms with Gasteiger partial charge >= 0.3 is 0 Å². The Kier molecular flexibility index (Phi) is 6.60. The van der Waals surface area contributed by atoms with Gasteiger partial charge in [0.25, 0.3) is 0 Å². The Balaban J connectivity index is 3.26. The normalized spacial score (nSPS) is 11.4. The highest BCUT2D eigenvalue weighted by molar-refractivity contribution is 5.75. The van der Waals surface area contributed by atoms with E-state index in [9.17, 15) is 4.79 Å². The molecule has 0 rings (SSSR count). The second kappa shape index (κ2) is 6.86. The standard InChI is InChI=1S/C12H25NO/c1-5-8-11(14)13-10-7-6-9-12(2,3)4/h5-10H2,1-4H3,(H,13,14). The average molecular weight is 199 g/mol. The summed E-state index contributed by atoms with van der Waals surface area (Å²) in [4.78, 5) is 11.1. The van der Waals surface area contributed by atoms with Crippen LogP contribution in [0.15, 0.2) is 0 Å². The summed E-state index contributed by atoms with van der Waals surface area (Å²) in [7, 11) is 0. The maximum Gasteiger partial charge on any atom is 0.219 e. The molecule has 0 aliphatic rings. The van der Waals surface area contributed by atoms with Crippen LogP contribution in [0.5, 0.6) is 0 Å². The van der Waals surface area contributed by atoms with Crippen LogP contribution in [-0.4, -0.2) is 12.5 Å². The Morgan fingerprint density at radius 3 is 2.36 bits per heavy atom. The molecule has 0 unspecified atom stereocenters. The summed E-state index contributed by atoms with van der Waals surface area (Å²) in [6.45, 7) is 9.63. The molecule has 0 aliphatic carbocycles. The van der Waals surface area contributed by atoms with Gasteiger partial charge in [-0.2, -0.15) is 0 Å². The first-order chi connectivity index (χ1) is 6.45. The summed E-state index contributed by atoms with van der Waals surface area (Å²) in [5.41, 5.74) is 0.424. The third-order valence-electron chi connectivity index (χ3n) is 2.15. The number of carbonyl (C=O) groups is 1. The van der Waals surface area contributed by atoms with Crippen LogP contribution in [0.1, 0.15) is 59.8 Å². The van der Waals surface area contributed by atoms with Gasteiger partial charge in [-0.25, -0.2) is 0 Å². The van der Waals surface area contributed by atoms with Crippen molar-refractivity contribution in [2.24, 2.45) is 5.41 Å². The van der Waals surface area contributed by atoms with Gasteiger partial charge in [-0.1, -0.05) is 34.1 Å². The molecule has 14 heavy (non-hydrogen) atoms. The van der Waals surface area contributed by atoms with Gasteiger partial charge in [-0.15, -0.1) is 0 Å². The zero-order chi connectivity index (χ0) is 11.0. The zero-order valence-electron chi connectivity index (χ0n) is 10.2. The predicted octanol–water partition coefficient (Wildman–Crippen LogP) is 3.12. The molecule has 0 aromatic carbocycles. The van der Waals surface area contributed by atoms with E-state index in [4.69, 9.17) is 0 Å². The van der Waals surface area contributed by atoms with E-state index >= 15 is 0 Å². The van der Waals surface area contributed by atoms with Gasteiger partial charge in [0.2, 0.25) is 5.91 Å². The van der Waals surface area contributed by atoms with Gasteiger partial charge < -0.3 is 5.32 Å². The number of hydrogen-bond donors (Lipinski definition) is 1. The van der Waals surface area contributed by atoms with Crippen LogP contribution in [-0.2, 0) is 4.79 Å². The fourth-order valence-electron chi connectivity index (χ4n) is 1.32. The summed E-state index contributed by atoms with van der Waals surface area (Å²) in [5, 5.41) is 2.93. The second-order valence-corrected chi connectivity index (χ2v) is 5.12. The summed E-state index contributed by atoms with van der Waals surface area (Å²) < 4.78 is 0. The van der Waals surface area contributed by atoms with Crippen molar-refractivity contribution in [3.8, 4) is 0 Å². The molecular weight excluding hydrogens is 174 g/mol. The molecule has 0 atom stereocenters. The average Bonchev–Trinajstić information content (AvgIpc) is 2.02. The number of hydrogen-bond acceptors (Lipinski definition) is 1. The molecule has 2 nitrogen and oxygen atoms in total. The van der Waals surface area contributed by atoms with E-state index in [1.165, 1.54) is 12.8 Å². The van der Waals surface area contributed by atoms with Crippen molar-refractivity contribution in [3.63, 3.8) is 0 Å². The van der Waals surface area contributed by atoms with E-state index in [0.29, 0.717) is 11.8 Å². The molecule has 0 heterocycles. The Morgan fingerprint density at radius 2 is 1.86 bits per heavy atom. The minimum absolute atomic E-state index is 0.197. The first kappa shape index (κ1) is 13.5. The summed E-state index contributed by atoms with van der Waals surface area (Å²) in [6, 6.07) is 0. The van der Waals surface area contributed by atoms with Gasteiger partial charge in [-0.05, 0) is 24.7 Å². The number of nitrogens with one attached hydrogen (secondary N) is 1. The largest absolute Gasteiger partial charge is 0.356 e. The lowest BCUT2D eigenvalue weighted by atomic mass is 9.90. The molecule has 0 saturated heterocycles. The zero-order valence-corrected chi connectivity index (χ0v) is 10.2. The lowest BCUT2D eigenvalue weighted by Gasteiger charge is -2.17. The van der Waals surface area contributed by atoms with Crippen molar-refractivity contribution in [2.45, 2.75) is 59.8 Å². The van der Waals surface area contributed by atoms with Crippen LogP contribution in [0.25, 0.3) is 0 Å². The first-order valence-electron chi connectivity index (χ1n) is 5.72. The number of unbranched alkanes of at least 4 members (excludes halogenated alkanes) is 1. The Labute approximate surface area is 88.5 Å². The van der Waals surface area contributed by atoms with Crippen LogP contribution in [0.3, 0.4) is 0 Å². The van der Waals surface area contributed by atoms with Crippen LogP contribution in [0.2, 0.25) is 0 Å². The fourth-order valence-corrected chi connectivity index (χ4v) is 1.32. The highest BCUT2D eigenvalue weighted by atomic mass is 16.1. The van der Waals surface area contributed by atoms with Crippen molar-refractivity contribution >= 4 is 5.91 Å². The molecule has 0 aromatic rings. The van der Waals surface area contributed by atoms with Crippen molar-refractivity contribution < 1.29 is 4.79 Å². The fraction of sp³-hybridized carbons (Fsp3) is 0.917. The molecular formula is C12H25NO. The molecule has 0 aliphatic heterocycles. The summed E-state index contributed by atoms with van der Waals surface area (Å²) in [6.07, 6.45) is 5.15. The molecule has 2 heteroatoms. The van der Waals surface area contributed by atoms with Crippen LogP contribution < -0.4 is 5.32 Å². The Hall–Kier alpha value is -0.530. The highest BCUT2D eigenvalue weighted by Crippen LogP contribution is 2.21. The minimum Gasteiger partial charge on any atom is -0.356 e. The molecule has 1 N–H and O–H groups in total. The van der Waals surface area contributed by atoms with Crippen LogP contribution >= 0.6 is 0 Å². The van der Waals surface area contributed by atoms with Crippen LogP contribution in [0.4, 0.5) is 0 Å². The Morgan fingerprint density at radius 1 is 1.21 bits per heavy atom. The lowest BCUT2D eigenvalue weighted by Crippen LogP contribution is -2.24. The Bertz CT molecular complexity index is 158. The van der Waals surface area contributed by atoms with E-state index in [-0.39, 0.29) is 5.91 Å². The molecule has 84 valence electrons. The van der Waals surface area contributed by atoms with Gasteiger partial charge in [0.15, 0.2) is 0 Å². The minimum atomic E-state index is 0.197. The van der Waals surface area contributed by atoms with Gasteiger partial charge in [-0.3, -0.25) is 4.79 Å². The quantitative estimate of drug-likeness (QED) is 0.654. The second-order valence-electron chi connectivity index (χ2n) is 5.12. The SMILES string of the molecule is CCCC(=O)NCCCCC(C)(C)C. The molecule has 0 bridgehead atoms. The number of amides is 1. The molecule has 0 aromatic heterocycles. The molecule has 0 saturated carbocycles. The maximum absolute atomic E-state index is 11.1. The number of carbonyl (C=O) groups excluding carboxylic acids is 1. The van der Waals surface area contributed by atoms with Crippen molar-refractivity contribution in [2.75, 3.05) is 6.54 Å². The summed E-state index contributed by atoms with van der Waals surface area (Å²) in [5.74, 6) is 0.197. The smallest absolute Gasteiger partial charge is 0.219 e. The lowest BCUT2D eigenvalue weighted by molar-refractivity contribution is -0.121. The van der Waals surface area contributed by atoms with Gasteiger partial charge in [0.05, 0.1) is 0 Å². The van der Waals surface area contributed by atoms with Crippen molar-refractivity contribution in [3.05, 3.63) is 0 Å². The van der Waals surface area contributed by atoms with E-state index < -0.39 is 0 Å². The third-order valence-corrected chi connectivity index (χ3v) is 2.15. The molecule has 0 fully saturated rings. The van der Waals surface area contributed by atoms with Crippen molar-refractivity contribution in [1.82, 2.24) is 5.32 Å². The first-order valence-corrected chi connectivity index (χ1v) is 5.72. The monoisotopic (exact) mass is 199 g/mol. The van der Waals surface area contributed by atoms with E-state index in [0.717, 1.165) is 19.4 Å². The van der Waals surface area contributed by atoms with Crippen LogP contribution in [0, 0.1) is 5.41 Å². The molecule has 0 spiro atoms. The highest BCUT2D eigenvalue weighted by Gasteiger charge is 2.08. The molecule has 0 radical (unpaired) electrons. The van der Waals surface area contributed by atoms with Gasteiger partial charge in [0, 0.05) is 13.0 Å². The van der Waals surface area contributed by atoms with Gasteiger partial charge in [0.1, 0.15) is 0 Å². The van der Waals surface area contributed by atoms with E-state index in [1.807, 2.05) is 6.92 Å². The number of rotatable bonds is 6. The predicted molar refractivity (Wildman–Crippen MR) is 61.2 cm³/mol.